The lowest BCUT2D eigenvalue weighted by atomic mass is 9.87. The molecule has 9 rings (SSSR count). The van der Waals surface area contributed by atoms with Crippen LogP contribution >= 0.6 is 0 Å². The molecule has 5 aromatic rings. The number of hydrogen-bond acceptors (Lipinski definition) is 11. The molecule has 0 saturated carbocycles. The highest BCUT2D eigenvalue weighted by molar-refractivity contribution is 5.92. The molecule has 0 spiro atoms. The second kappa shape index (κ2) is 15.8. The van der Waals surface area contributed by atoms with Gasteiger partial charge in [-0.2, -0.15) is 0 Å². The highest BCUT2D eigenvalue weighted by atomic mass is 16.6. The lowest BCUT2D eigenvalue weighted by Crippen LogP contribution is -2.34. The van der Waals surface area contributed by atoms with E-state index in [4.69, 9.17) is 28.4 Å². The second-order valence-electron chi connectivity index (χ2n) is 14.7. The summed E-state index contributed by atoms with van der Waals surface area (Å²) in [4.78, 5) is 30.6. The number of esters is 1. The van der Waals surface area contributed by atoms with Crippen molar-refractivity contribution in [1.82, 2.24) is 9.80 Å². The average Bonchev–Trinajstić information content (AvgIpc) is 3.22. The van der Waals surface area contributed by atoms with Gasteiger partial charge in [0.1, 0.15) is 5.75 Å². The lowest BCUT2D eigenvalue weighted by molar-refractivity contribution is -0.385. The van der Waals surface area contributed by atoms with Crippen LogP contribution < -0.4 is 28.4 Å². The van der Waals surface area contributed by atoms with Crippen LogP contribution in [-0.4, -0.2) is 69.2 Å². The molecule has 4 aliphatic heterocycles. The molecule has 57 heavy (non-hydrogen) atoms. The number of benzene rings is 5. The maximum atomic E-state index is 13.8. The minimum atomic E-state index is -0.594. The molecule has 2 atom stereocenters. The van der Waals surface area contributed by atoms with Crippen molar-refractivity contribution in [3.63, 3.8) is 0 Å². The predicted octanol–water partition coefficient (Wildman–Crippen LogP) is 8.67. The van der Waals surface area contributed by atoms with Gasteiger partial charge in [0, 0.05) is 36.3 Å². The molecule has 0 N–H and O–H groups in total. The second-order valence-corrected chi connectivity index (χ2v) is 14.7. The summed E-state index contributed by atoms with van der Waals surface area (Å²) in [5, 5.41) is 12.7. The van der Waals surface area contributed by atoms with Crippen LogP contribution in [-0.2, 0) is 25.7 Å². The number of rotatable bonds is 6. The van der Waals surface area contributed by atoms with Crippen LogP contribution in [0.5, 0.6) is 46.0 Å². The van der Waals surface area contributed by atoms with Crippen LogP contribution in [0.25, 0.3) is 0 Å². The van der Waals surface area contributed by atoms with Crippen LogP contribution in [0, 0.1) is 10.1 Å². The van der Waals surface area contributed by atoms with Crippen molar-refractivity contribution in [3.8, 4) is 46.0 Å². The fourth-order valence-electron chi connectivity index (χ4n) is 8.35. The Morgan fingerprint density at radius 3 is 2.09 bits per heavy atom. The predicted molar refractivity (Wildman–Crippen MR) is 214 cm³/mol. The fraction of sp³-hybridized carbons (Fsp3) is 0.311. The summed E-state index contributed by atoms with van der Waals surface area (Å²) >= 11 is 0. The molecule has 4 aliphatic rings. The first-order valence-corrected chi connectivity index (χ1v) is 19.1. The van der Waals surface area contributed by atoms with Gasteiger partial charge in [-0.25, -0.2) is 4.79 Å². The molecule has 0 saturated heterocycles. The summed E-state index contributed by atoms with van der Waals surface area (Å²) in [6.07, 6.45) is 3.29. The van der Waals surface area contributed by atoms with Gasteiger partial charge in [0.05, 0.1) is 37.9 Å². The summed E-state index contributed by atoms with van der Waals surface area (Å²) in [6.45, 7) is 1.52. The maximum Gasteiger partial charge on any atom is 0.343 e. The van der Waals surface area contributed by atoms with E-state index in [9.17, 15) is 14.9 Å². The fourth-order valence-corrected chi connectivity index (χ4v) is 8.35. The number of likely N-dealkylation sites (N-methyl/N-ethyl adjacent to an activating group) is 2. The smallest absolute Gasteiger partial charge is 0.343 e. The van der Waals surface area contributed by atoms with E-state index in [1.54, 1.807) is 37.4 Å². The van der Waals surface area contributed by atoms with Gasteiger partial charge < -0.3 is 28.4 Å². The third-order valence-corrected chi connectivity index (χ3v) is 11.4. The number of carbonyl (C=O) groups is 1. The molecule has 0 aromatic heterocycles. The standard InChI is InChI=1S/C45H45N3O9/c1-46-19-17-29-22-37(52-3)40-25-33(29)34(46)16-13-27-11-14-32(15-12-27)55-39-24-31(35(48(50)51)26-38(39)53-4)21-36-42-30(18-20-47(36)2)23-41(54-5)43(44(42)56-40)57-45(49)28-9-7-6-8-10-28/h6-12,14-15,22-26,34,36H,13,16-21H2,1-5H3/t34-,36-/m0/s1. The van der Waals surface area contributed by atoms with E-state index in [1.807, 2.05) is 37.4 Å². The minimum absolute atomic E-state index is 0.0831. The monoisotopic (exact) mass is 771 g/mol. The van der Waals surface area contributed by atoms with E-state index in [0.29, 0.717) is 52.8 Å². The summed E-state index contributed by atoms with van der Waals surface area (Å²) in [5.74, 6) is 2.25. The number of fused-ring (bicyclic) bond motifs is 3. The molecule has 12 heteroatoms. The molecule has 0 radical (unpaired) electrons. The third kappa shape index (κ3) is 7.34. The Hall–Kier alpha value is -6.11. The Labute approximate surface area is 331 Å². The van der Waals surface area contributed by atoms with Crippen LogP contribution in [0.2, 0.25) is 0 Å². The third-order valence-electron chi connectivity index (χ3n) is 11.4. The molecule has 5 aromatic carbocycles. The van der Waals surface area contributed by atoms with Gasteiger partial charge in [0.2, 0.25) is 5.75 Å². The maximum absolute atomic E-state index is 13.8. The Kier molecular flexibility index (Phi) is 10.5. The first-order chi connectivity index (χ1) is 27.6. The minimum Gasteiger partial charge on any atom is -0.493 e. The van der Waals surface area contributed by atoms with Gasteiger partial charge in [-0.15, -0.1) is 0 Å². The normalized spacial score (nSPS) is 17.8. The quantitative estimate of drug-likeness (QED) is 0.0714. The zero-order chi connectivity index (χ0) is 39.8. The molecule has 294 valence electrons. The van der Waals surface area contributed by atoms with Gasteiger partial charge >= 0.3 is 5.97 Å². The number of nitrogens with zero attached hydrogens (tertiary/aromatic N) is 3. The average molecular weight is 772 g/mol. The molecule has 0 aliphatic carbocycles. The number of carbonyl (C=O) groups excluding carboxylic acids is 1. The molecule has 0 fully saturated rings. The molecule has 4 heterocycles. The molecule has 6 bridgehead atoms. The Morgan fingerprint density at radius 2 is 1.39 bits per heavy atom. The van der Waals surface area contributed by atoms with Gasteiger partial charge in [-0.1, -0.05) is 30.3 Å². The van der Waals surface area contributed by atoms with E-state index >= 15 is 0 Å². The van der Waals surface area contributed by atoms with E-state index in [2.05, 4.69) is 35.0 Å². The van der Waals surface area contributed by atoms with Gasteiger partial charge in [-0.05, 0) is 117 Å². The Morgan fingerprint density at radius 1 is 0.737 bits per heavy atom. The number of nitro groups is 1. The van der Waals surface area contributed by atoms with E-state index in [1.165, 1.54) is 25.8 Å². The Balaban J connectivity index is 1.38. The Bertz CT molecular complexity index is 2330. The molecule has 0 unspecified atom stereocenters. The first kappa shape index (κ1) is 37.8. The van der Waals surface area contributed by atoms with Crippen molar-refractivity contribution < 1.29 is 38.1 Å². The van der Waals surface area contributed by atoms with Crippen molar-refractivity contribution in [2.24, 2.45) is 0 Å². The largest absolute Gasteiger partial charge is 0.493 e. The number of nitro benzene ring substituents is 1. The molecular formula is C45H45N3O9. The summed E-state index contributed by atoms with van der Waals surface area (Å²) in [5.41, 5.74) is 5.73. The molecule has 12 nitrogen and oxygen atoms in total. The van der Waals surface area contributed by atoms with Crippen LogP contribution in [0.15, 0.2) is 84.9 Å². The van der Waals surface area contributed by atoms with Crippen molar-refractivity contribution >= 4 is 11.7 Å². The van der Waals surface area contributed by atoms with Crippen molar-refractivity contribution in [2.75, 3.05) is 48.5 Å². The van der Waals surface area contributed by atoms with Crippen LogP contribution in [0.4, 0.5) is 5.69 Å². The zero-order valence-corrected chi connectivity index (χ0v) is 32.7. The highest BCUT2D eigenvalue weighted by Gasteiger charge is 2.37. The van der Waals surface area contributed by atoms with Gasteiger partial charge in [0.25, 0.3) is 5.69 Å². The summed E-state index contributed by atoms with van der Waals surface area (Å²) in [7, 11) is 8.72. The number of methoxy groups -OCH3 is 3. The highest BCUT2D eigenvalue weighted by Crippen LogP contribution is 2.53. The van der Waals surface area contributed by atoms with Gasteiger partial charge in [-0.3, -0.25) is 19.9 Å². The summed E-state index contributed by atoms with van der Waals surface area (Å²) < 4.78 is 37.3. The van der Waals surface area contributed by atoms with Crippen molar-refractivity contribution in [3.05, 3.63) is 134 Å². The van der Waals surface area contributed by atoms with Gasteiger partial charge in [0.15, 0.2) is 34.5 Å². The van der Waals surface area contributed by atoms with Crippen molar-refractivity contribution in [1.29, 1.82) is 0 Å². The van der Waals surface area contributed by atoms with Crippen molar-refractivity contribution in [2.45, 2.75) is 44.2 Å². The lowest BCUT2D eigenvalue weighted by Gasteiger charge is -2.37. The number of ether oxygens (including phenoxy) is 6. The molecular weight excluding hydrogens is 727 g/mol. The van der Waals surface area contributed by atoms with E-state index < -0.39 is 16.9 Å². The van der Waals surface area contributed by atoms with Crippen LogP contribution in [0.1, 0.15) is 62.2 Å². The zero-order valence-electron chi connectivity index (χ0n) is 32.7. The first-order valence-electron chi connectivity index (χ1n) is 19.1. The topological polar surface area (TPSA) is 122 Å². The van der Waals surface area contributed by atoms with E-state index in [0.717, 1.165) is 48.1 Å². The number of aryl methyl sites for hydroxylation is 1. The van der Waals surface area contributed by atoms with E-state index in [-0.39, 0.29) is 35.4 Å². The summed E-state index contributed by atoms with van der Waals surface area (Å²) in [6, 6.07) is 25.3. The SMILES string of the molecule is COc1cc([N+](=O)[O-])c2cc1Oc1ccc(cc1)CC[C@H]1c3cc(c(OC)cc3CCN1C)Oc1c(OC(=O)c3ccccc3)c(OC)cc3c1[C@H](C2)N(C)CC3. The number of hydrogen-bond donors (Lipinski definition) is 0. The molecule has 0 amide bonds. The van der Waals surface area contributed by atoms with Crippen LogP contribution in [0.3, 0.4) is 0 Å².